The summed E-state index contributed by atoms with van der Waals surface area (Å²) in [4.78, 5) is 4.26. The number of aliphatic imine (C=N–C) groups is 1. The van der Waals surface area contributed by atoms with Crippen molar-refractivity contribution in [3.63, 3.8) is 0 Å². The van der Waals surface area contributed by atoms with Crippen molar-refractivity contribution in [1.29, 1.82) is 0 Å². The molecule has 0 aliphatic carbocycles. The molecule has 0 atom stereocenters. The Kier molecular flexibility index (Phi) is 6.33. The van der Waals surface area contributed by atoms with Gasteiger partial charge < -0.3 is 30.4 Å². The average molecular weight is 345 g/mol. The molecule has 0 amide bonds. The van der Waals surface area contributed by atoms with Gasteiger partial charge in [-0.25, -0.2) is 4.99 Å². The molecule has 0 aliphatic heterocycles. The van der Waals surface area contributed by atoms with E-state index in [2.05, 4.69) is 10.3 Å². The molecule has 2 rings (SSSR count). The molecule has 0 fully saturated rings. The Bertz CT molecular complexity index is 747. The summed E-state index contributed by atoms with van der Waals surface area (Å²) in [5.74, 6) is 2.14. The Morgan fingerprint density at radius 2 is 1.60 bits per heavy atom. The minimum absolute atomic E-state index is 0.0760. The number of nitrogens with zero attached hydrogens (tertiary/aromatic N) is 1. The van der Waals surface area contributed by atoms with E-state index in [1.54, 1.807) is 26.4 Å². The van der Waals surface area contributed by atoms with Crippen LogP contribution in [0.3, 0.4) is 0 Å². The summed E-state index contributed by atoms with van der Waals surface area (Å²) in [7, 11) is 4.69. The minimum atomic E-state index is 0.0760. The quantitative estimate of drug-likeness (QED) is 0.525. The normalized spacial score (nSPS) is 11.1. The number of benzene rings is 2. The van der Waals surface area contributed by atoms with Gasteiger partial charge in [0.25, 0.3) is 0 Å². The van der Waals surface area contributed by atoms with E-state index in [0.717, 1.165) is 11.1 Å². The van der Waals surface area contributed by atoms with Gasteiger partial charge in [-0.2, -0.15) is 0 Å². The first kappa shape index (κ1) is 18.3. The summed E-state index contributed by atoms with van der Waals surface area (Å²) in [6.07, 6.45) is 0. The molecular formula is C18H23N3O4. The predicted octanol–water partition coefficient (Wildman–Crippen LogP) is 2.02. The number of rotatable bonds is 7. The molecule has 7 nitrogen and oxygen atoms in total. The van der Waals surface area contributed by atoms with Crippen molar-refractivity contribution >= 4 is 5.96 Å². The van der Waals surface area contributed by atoms with E-state index in [1.807, 2.05) is 24.3 Å². The fraction of sp³-hybridized carbons (Fsp3) is 0.278. The Labute approximate surface area is 147 Å². The van der Waals surface area contributed by atoms with Crippen LogP contribution >= 0.6 is 0 Å². The molecule has 0 aliphatic rings. The Morgan fingerprint density at radius 1 is 0.960 bits per heavy atom. The topological polar surface area (TPSA) is 98.3 Å². The maximum atomic E-state index is 9.76. The van der Waals surface area contributed by atoms with Crippen LogP contribution in [0, 0.1) is 0 Å². The van der Waals surface area contributed by atoms with E-state index in [9.17, 15) is 5.11 Å². The molecule has 2 aromatic carbocycles. The first-order chi connectivity index (χ1) is 12.1. The molecule has 0 aromatic heterocycles. The number of nitrogens with two attached hydrogens (primary N) is 1. The first-order valence-corrected chi connectivity index (χ1v) is 7.68. The maximum absolute atomic E-state index is 9.76. The summed E-state index contributed by atoms with van der Waals surface area (Å²) < 4.78 is 15.5. The lowest BCUT2D eigenvalue weighted by Gasteiger charge is -2.10. The van der Waals surface area contributed by atoms with Crippen LogP contribution in [-0.4, -0.2) is 32.4 Å². The molecular weight excluding hydrogens is 322 g/mol. The predicted molar refractivity (Wildman–Crippen MR) is 96.4 cm³/mol. The van der Waals surface area contributed by atoms with Crippen LogP contribution in [0.2, 0.25) is 0 Å². The largest absolute Gasteiger partial charge is 0.504 e. The molecule has 0 saturated carbocycles. The second kappa shape index (κ2) is 8.68. The summed E-state index contributed by atoms with van der Waals surface area (Å²) in [6, 6.07) is 10.7. The fourth-order valence-corrected chi connectivity index (χ4v) is 2.25. The number of guanidine groups is 1. The van der Waals surface area contributed by atoms with Gasteiger partial charge in [0.1, 0.15) is 0 Å². The maximum Gasteiger partial charge on any atom is 0.189 e. The van der Waals surface area contributed by atoms with Crippen molar-refractivity contribution in [2.75, 3.05) is 21.3 Å². The molecule has 0 saturated heterocycles. The van der Waals surface area contributed by atoms with Gasteiger partial charge in [0.15, 0.2) is 29.0 Å². The van der Waals surface area contributed by atoms with Gasteiger partial charge in [0.05, 0.1) is 27.9 Å². The highest BCUT2D eigenvalue weighted by atomic mass is 16.5. The van der Waals surface area contributed by atoms with E-state index < -0.39 is 0 Å². The van der Waals surface area contributed by atoms with Crippen LogP contribution in [0.1, 0.15) is 11.1 Å². The van der Waals surface area contributed by atoms with Gasteiger partial charge in [-0.15, -0.1) is 0 Å². The van der Waals surface area contributed by atoms with E-state index in [0.29, 0.717) is 36.3 Å². The number of nitrogens with one attached hydrogen (secondary N) is 1. The van der Waals surface area contributed by atoms with Crippen molar-refractivity contribution in [3.8, 4) is 23.0 Å². The third-order valence-electron chi connectivity index (χ3n) is 3.60. The number of aromatic hydroxyl groups is 1. The number of hydrogen-bond donors (Lipinski definition) is 3. The highest BCUT2D eigenvalue weighted by molar-refractivity contribution is 5.77. The molecule has 7 heteroatoms. The Hall–Kier alpha value is -3.09. The minimum Gasteiger partial charge on any atom is -0.504 e. The smallest absolute Gasteiger partial charge is 0.189 e. The molecule has 0 bridgehead atoms. The highest BCUT2D eigenvalue weighted by Gasteiger charge is 2.05. The molecule has 0 spiro atoms. The van der Waals surface area contributed by atoms with Gasteiger partial charge in [-0.1, -0.05) is 12.1 Å². The second-order valence-electron chi connectivity index (χ2n) is 5.25. The van der Waals surface area contributed by atoms with Crippen LogP contribution in [0.25, 0.3) is 0 Å². The van der Waals surface area contributed by atoms with Crippen molar-refractivity contribution in [1.82, 2.24) is 5.32 Å². The highest BCUT2D eigenvalue weighted by Crippen LogP contribution is 2.27. The van der Waals surface area contributed by atoms with Crippen LogP contribution in [0.15, 0.2) is 41.4 Å². The van der Waals surface area contributed by atoms with E-state index in [1.165, 1.54) is 7.11 Å². The molecule has 4 N–H and O–H groups in total. The SMILES string of the molecule is COc1ccc(CN=C(N)NCc2ccc(OC)c(OC)c2)cc1O. The third-order valence-corrected chi connectivity index (χ3v) is 3.60. The third kappa shape index (κ3) is 4.94. The van der Waals surface area contributed by atoms with Gasteiger partial charge >= 0.3 is 0 Å². The fourth-order valence-electron chi connectivity index (χ4n) is 2.25. The van der Waals surface area contributed by atoms with Crippen LogP contribution in [0.4, 0.5) is 0 Å². The number of ether oxygens (including phenoxy) is 3. The lowest BCUT2D eigenvalue weighted by molar-refractivity contribution is 0.354. The van der Waals surface area contributed by atoms with Crippen molar-refractivity contribution in [2.24, 2.45) is 10.7 Å². The van der Waals surface area contributed by atoms with Crippen LogP contribution < -0.4 is 25.3 Å². The number of phenolic OH excluding ortho intramolecular Hbond substituents is 1. The molecule has 0 heterocycles. The van der Waals surface area contributed by atoms with Gasteiger partial charge in [-0.3, -0.25) is 0 Å². The zero-order valence-electron chi connectivity index (χ0n) is 14.6. The lowest BCUT2D eigenvalue weighted by Crippen LogP contribution is -2.31. The van der Waals surface area contributed by atoms with Crippen molar-refractivity contribution in [2.45, 2.75) is 13.1 Å². The van der Waals surface area contributed by atoms with Crippen molar-refractivity contribution < 1.29 is 19.3 Å². The van der Waals surface area contributed by atoms with E-state index in [4.69, 9.17) is 19.9 Å². The molecule has 0 unspecified atom stereocenters. The zero-order chi connectivity index (χ0) is 18.2. The lowest BCUT2D eigenvalue weighted by atomic mass is 10.2. The molecule has 2 aromatic rings. The molecule has 0 radical (unpaired) electrons. The molecule has 25 heavy (non-hydrogen) atoms. The van der Waals surface area contributed by atoms with Crippen LogP contribution in [0.5, 0.6) is 23.0 Å². The summed E-state index contributed by atoms with van der Waals surface area (Å²) in [6.45, 7) is 0.853. The van der Waals surface area contributed by atoms with E-state index >= 15 is 0 Å². The monoisotopic (exact) mass is 345 g/mol. The van der Waals surface area contributed by atoms with Gasteiger partial charge in [0.2, 0.25) is 0 Å². The van der Waals surface area contributed by atoms with Crippen molar-refractivity contribution in [3.05, 3.63) is 47.5 Å². The number of methoxy groups -OCH3 is 3. The second-order valence-corrected chi connectivity index (χ2v) is 5.25. The van der Waals surface area contributed by atoms with Gasteiger partial charge in [-0.05, 0) is 35.4 Å². The Morgan fingerprint density at radius 3 is 2.24 bits per heavy atom. The van der Waals surface area contributed by atoms with Crippen LogP contribution in [-0.2, 0) is 13.1 Å². The summed E-state index contributed by atoms with van der Waals surface area (Å²) in [5, 5.41) is 12.8. The number of hydrogen-bond acceptors (Lipinski definition) is 5. The average Bonchev–Trinajstić information content (AvgIpc) is 2.64. The number of phenols is 1. The summed E-state index contributed by atoms with van der Waals surface area (Å²) >= 11 is 0. The van der Waals surface area contributed by atoms with E-state index in [-0.39, 0.29) is 5.75 Å². The standard InChI is InChI=1S/C18H23N3O4/c1-23-15-6-4-12(8-14(15)22)10-20-18(19)21-11-13-5-7-16(24-2)17(9-13)25-3/h4-9,22H,10-11H2,1-3H3,(H3,19,20,21). The zero-order valence-corrected chi connectivity index (χ0v) is 14.6. The molecule has 134 valence electrons. The summed E-state index contributed by atoms with van der Waals surface area (Å²) in [5.41, 5.74) is 7.70. The van der Waals surface area contributed by atoms with Gasteiger partial charge in [0, 0.05) is 6.54 Å². The Balaban J connectivity index is 1.94. The first-order valence-electron chi connectivity index (χ1n) is 7.68.